The van der Waals surface area contributed by atoms with Gasteiger partial charge >= 0.3 is 17.9 Å². The fourth-order valence-electron chi connectivity index (χ4n) is 1.84. The molecule has 0 heterocycles. The number of phenolic OH excluding ortho intramolecular Hbond substituents is 1. The van der Waals surface area contributed by atoms with E-state index in [-0.39, 0.29) is 29.8 Å². The SMILES string of the molecule is COC(=O)CC[C@H](Nc1cc(C(=O)OC)ccc1O)C(=O)OC. The molecule has 0 aliphatic rings. The third kappa shape index (κ3) is 5.17. The van der Waals surface area contributed by atoms with Gasteiger partial charge in [0.25, 0.3) is 0 Å². The molecule has 0 saturated heterocycles. The molecule has 0 spiro atoms. The van der Waals surface area contributed by atoms with Crippen molar-refractivity contribution >= 4 is 23.6 Å². The first-order chi connectivity index (χ1) is 10.9. The lowest BCUT2D eigenvalue weighted by molar-refractivity contribution is -0.143. The molecule has 1 aromatic carbocycles. The Bertz CT molecular complexity index is 585. The molecule has 0 amide bonds. The van der Waals surface area contributed by atoms with Crippen molar-refractivity contribution in [1.29, 1.82) is 0 Å². The van der Waals surface area contributed by atoms with E-state index < -0.39 is 23.9 Å². The zero-order valence-electron chi connectivity index (χ0n) is 13.1. The maximum absolute atomic E-state index is 11.8. The number of carbonyl (C=O) groups excluding carboxylic acids is 3. The van der Waals surface area contributed by atoms with Crippen LogP contribution < -0.4 is 5.32 Å². The fraction of sp³-hybridized carbons (Fsp3) is 0.400. The maximum Gasteiger partial charge on any atom is 0.337 e. The summed E-state index contributed by atoms with van der Waals surface area (Å²) in [6, 6.07) is 3.13. The van der Waals surface area contributed by atoms with Crippen molar-refractivity contribution in [3.05, 3.63) is 23.8 Å². The van der Waals surface area contributed by atoms with E-state index >= 15 is 0 Å². The Morgan fingerprint density at radius 2 is 1.83 bits per heavy atom. The molecule has 0 aliphatic heterocycles. The summed E-state index contributed by atoms with van der Waals surface area (Å²) >= 11 is 0. The first-order valence-corrected chi connectivity index (χ1v) is 6.75. The molecule has 8 heteroatoms. The van der Waals surface area contributed by atoms with E-state index in [0.29, 0.717) is 0 Å². The number of hydrogen-bond acceptors (Lipinski definition) is 8. The lowest BCUT2D eigenvalue weighted by Crippen LogP contribution is -2.31. The predicted octanol–water partition coefficient (Wildman–Crippen LogP) is 1.09. The lowest BCUT2D eigenvalue weighted by Gasteiger charge is -2.18. The summed E-state index contributed by atoms with van der Waals surface area (Å²) in [6.45, 7) is 0. The number of anilines is 1. The number of phenols is 1. The Hall–Kier alpha value is -2.77. The Morgan fingerprint density at radius 1 is 1.13 bits per heavy atom. The highest BCUT2D eigenvalue weighted by Gasteiger charge is 2.22. The second-order valence-electron chi connectivity index (χ2n) is 4.56. The van der Waals surface area contributed by atoms with Gasteiger partial charge in [0.2, 0.25) is 0 Å². The number of methoxy groups -OCH3 is 3. The largest absolute Gasteiger partial charge is 0.506 e. The van der Waals surface area contributed by atoms with Gasteiger partial charge in [0.05, 0.1) is 32.6 Å². The number of nitrogens with one attached hydrogen (secondary N) is 1. The minimum atomic E-state index is -0.891. The molecule has 1 rings (SSSR count). The second kappa shape index (κ2) is 8.62. The second-order valence-corrected chi connectivity index (χ2v) is 4.56. The molecule has 0 aromatic heterocycles. The zero-order chi connectivity index (χ0) is 17.4. The van der Waals surface area contributed by atoms with Gasteiger partial charge in [-0.05, 0) is 24.6 Å². The standard InChI is InChI=1S/C15H19NO7/c1-21-13(18)7-5-10(15(20)23-3)16-11-8-9(14(19)22-2)4-6-12(11)17/h4,6,8,10,16-17H,5,7H2,1-3H3/t10-/m0/s1. The topological polar surface area (TPSA) is 111 Å². The van der Waals surface area contributed by atoms with E-state index in [1.54, 1.807) is 0 Å². The summed E-state index contributed by atoms with van der Waals surface area (Å²) in [5.74, 6) is -1.84. The van der Waals surface area contributed by atoms with Crippen LogP contribution in [0.15, 0.2) is 18.2 Å². The van der Waals surface area contributed by atoms with Crippen LogP contribution in [0.4, 0.5) is 5.69 Å². The van der Waals surface area contributed by atoms with E-state index in [9.17, 15) is 19.5 Å². The first kappa shape index (κ1) is 18.3. The molecule has 23 heavy (non-hydrogen) atoms. The predicted molar refractivity (Wildman–Crippen MR) is 80.1 cm³/mol. The molecular formula is C15H19NO7. The van der Waals surface area contributed by atoms with Crippen LogP contribution in [0.25, 0.3) is 0 Å². The number of benzene rings is 1. The van der Waals surface area contributed by atoms with Crippen LogP contribution in [-0.2, 0) is 23.8 Å². The average molecular weight is 325 g/mol. The van der Waals surface area contributed by atoms with Crippen LogP contribution in [0, 0.1) is 0 Å². The highest BCUT2D eigenvalue weighted by Crippen LogP contribution is 2.26. The van der Waals surface area contributed by atoms with Gasteiger partial charge in [-0.25, -0.2) is 9.59 Å². The maximum atomic E-state index is 11.8. The van der Waals surface area contributed by atoms with E-state index in [4.69, 9.17) is 0 Å². The molecule has 126 valence electrons. The highest BCUT2D eigenvalue weighted by atomic mass is 16.5. The molecule has 0 aliphatic carbocycles. The quantitative estimate of drug-likeness (QED) is 0.435. The van der Waals surface area contributed by atoms with Crippen LogP contribution >= 0.6 is 0 Å². The highest BCUT2D eigenvalue weighted by molar-refractivity contribution is 5.91. The molecule has 0 bridgehead atoms. The molecule has 0 radical (unpaired) electrons. The number of rotatable bonds is 7. The van der Waals surface area contributed by atoms with Crippen molar-refractivity contribution in [1.82, 2.24) is 0 Å². The fourth-order valence-corrected chi connectivity index (χ4v) is 1.84. The third-order valence-corrected chi connectivity index (χ3v) is 3.10. The van der Waals surface area contributed by atoms with Gasteiger partial charge in [-0.3, -0.25) is 4.79 Å². The van der Waals surface area contributed by atoms with Crippen molar-refractivity contribution in [2.24, 2.45) is 0 Å². The van der Waals surface area contributed by atoms with Gasteiger partial charge < -0.3 is 24.6 Å². The smallest absolute Gasteiger partial charge is 0.337 e. The molecule has 2 N–H and O–H groups in total. The average Bonchev–Trinajstić information content (AvgIpc) is 2.58. The van der Waals surface area contributed by atoms with Crippen LogP contribution in [0.1, 0.15) is 23.2 Å². The van der Waals surface area contributed by atoms with E-state index in [2.05, 4.69) is 19.5 Å². The Balaban J connectivity index is 2.95. The van der Waals surface area contributed by atoms with Crippen LogP contribution in [0.5, 0.6) is 5.75 Å². The molecule has 1 aromatic rings. The van der Waals surface area contributed by atoms with Gasteiger partial charge in [-0.2, -0.15) is 0 Å². The van der Waals surface area contributed by atoms with Gasteiger partial charge in [0.1, 0.15) is 11.8 Å². The number of hydrogen-bond donors (Lipinski definition) is 2. The zero-order valence-corrected chi connectivity index (χ0v) is 13.1. The molecule has 0 unspecified atom stereocenters. The van der Waals surface area contributed by atoms with E-state index in [1.165, 1.54) is 39.5 Å². The van der Waals surface area contributed by atoms with E-state index in [0.717, 1.165) is 0 Å². The summed E-state index contributed by atoms with van der Waals surface area (Å²) in [5.41, 5.74) is 0.345. The Labute approximate surface area is 133 Å². The van der Waals surface area contributed by atoms with E-state index in [1.807, 2.05) is 0 Å². The molecular weight excluding hydrogens is 306 g/mol. The minimum absolute atomic E-state index is 0.0132. The lowest BCUT2D eigenvalue weighted by atomic mass is 10.1. The van der Waals surface area contributed by atoms with Crippen molar-refractivity contribution < 1.29 is 33.7 Å². The molecule has 1 atom stereocenters. The molecule has 0 saturated carbocycles. The summed E-state index contributed by atoms with van der Waals surface area (Å²) in [4.78, 5) is 34.5. The molecule has 8 nitrogen and oxygen atoms in total. The third-order valence-electron chi connectivity index (χ3n) is 3.10. The Morgan fingerprint density at radius 3 is 2.39 bits per heavy atom. The first-order valence-electron chi connectivity index (χ1n) is 6.75. The number of aromatic hydroxyl groups is 1. The van der Waals surface area contributed by atoms with Crippen LogP contribution in [0.3, 0.4) is 0 Å². The van der Waals surface area contributed by atoms with Crippen LogP contribution in [-0.4, -0.2) is 50.4 Å². The van der Waals surface area contributed by atoms with Crippen molar-refractivity contribution in [2.75, 3.05) is 26.6 Å². The van der Waals surface area contributed by atoms with Crippen molar-refractivity contribution in [3.63, 3.8) is 0 Å². The Kier molecular flexibility index (Phi) is 6.85. The van der Waals surface area contributed by atoms with Gasteiger partial charge in [-0.1, -0.05) is 0 Å². The van der Waals surface area contributed by atoms with Gasteiger partial charge in [-0.15, -0.1) is 0 Å². The monoisotopic (exact) mass is 325 g/mol. The number of carbonyl (C=O) groups is 3. The summed E-state index contributed by atoms with van der Waals surface area (Å²) in [5, 5.41) is 12.6. The minimum Gasteiger partial charge on any atom is -0.506 e. The van der Waals surface area contributed by atoms with Crippen molar-refractivity contribution in [3.8, 4) is 5.75 Å². The van der Waals surface area contributed by atoms with Gasteiger partial charge in [0.15, 0.2) is 0 Å². The number of ether oxygens (including phenoxy) is 3. The number of esters is 3. The van der Waals surface area contributed by atoms with Crippen molar-refractivity contribution in [2.45, 2.75) is 18.9 Å². The van der Waals surface area contributed by atoms with Crippen LogP contribution in [0.2, 0.25) is 0 Å². The summed E-state index contributed by atoms with van der Waals surface area (Å²) < 4.78 is 13.8. The normalized spacial score (nSPS) is 11.3. The van der Waals surface area contributed by atoms with Gasteiger partial charge in [0, 0.05) is 6.42 Å². The summed E-state index contributed by atoms with van der Waals surface area (Å²) in [7, 11) is 3.68. The molecule has 0 fully saturated rings. The summed E-state index contributed by atoms with van der Waals surface area (Å²) in [6.07, 6.45) is 0.0853.